The van der Waals surface area contributed by atoms with Crippen molar-refractivity contribution in [2.24, 2.45) is 10.9 Å². The Morgan fingerprint density at radius 3 is 2.74 bits per heavy atom. The average molecular weight is 439 g/mol. The summed E-state index contributed by atoms with van der Waals surface area (Å²) >= 11 is 3.37. The smallest absolute Gasteiger partial charge is 0.310 e. The van der Waals surface area contributed by atoms with Gasteiger partial charge in [0.25, 0.3) is 0 Å². The highest BCUT2D eigenvalue weighted by Gasteiger charge is 2.28. The third-order valence-corrected chi connectivity index (χ3v) is 4.84. The summed E-state index contributed by atoms with van der Waals surface area (Å²) in [6, 6.07) is 7.45. The maximum atomic E-state index is 12.1. The van der Waals surface area contributed by atoms with Gasteiger partial charge >= 0.3 is 5.97 Å². The molecule has 7 nitrogen and oxygen atoms in total. The van der Waals surface area contributed by atoms with Gasteiger partial charge in [-0.2, -0.15) is 0 Å². The van der Waals surface area contributed by atoms with E-state index in [9.17, 15) is 9.59 Å². The number of guanidine groups is 1. The van der Waals surface area contributed by atoms with Gasteiger partial charge in [-0.05, 0) is 44.0 Å². The highest BCUT2D eigenvalue weighted by molar-refractivity contribution is 9.10. The lowest BCUT2D eigenvalue weighted by atomic mass is 9.98. The monoisotopic (exact) mass is 438 g/mol. The van der Waals surface area contributed by atoms with Crippen LogP contribution in [0, 0.1) is 5.92 Å². The van der Waals surface area contributed by atoms with Crippen molar-refractivity contribution in [2.45, 2.75) is 26.2 Å². The van der Waals surface area contributed by atoms with Gasteiger partial charge in [0, 0.05) is 43.3 Å². The number of esters is 1. The van der Waals surface area contributed by atoms with Crippen molar-refractivity contribution in [3.63, 3.8) is 0 Å². The Hall–Kier alpha value is -2.09. The van der Waals surface area contributed by atoms with Crippen LogP contribution in [0.3, 0.4) is 0 Å². The van der Waals surface area contributed by atoms with Crippen LogP contribution in [0.2, 0.25) is 0 Å². The normalized spacial score (nSPS) is 17.4. The molecule has 1 fully saturated rings. The molecule has 1 atom stereocenters. The molecule has 1 aliphatic heterocycles. The second-order valence-corrected chi connectivity index (χ2v) is 7.23. The first-order valence-corrected chi connectivity index (χ1v) is 10.0. The Labute approximate surface area is 168 Å². The van der Waals surface area contributed by atoms with Crippen LogP contribution >= 0.6 is 15.9 Å². The number of hydrogen-bond donors (Lipinski definition) is 2. The fourth-order valence-electron chi connectivity index (χ4n) is 3.00. The molecule has 2 N–H and O–H groups in total. The number of halogens is 1. The van der Waals surface area contributed by atoms with Crippen molar-refractivity contribution < 1.29 is 14.3 Å². The van der Waals surface area contributed by atoms with Gasteiger partial charge in [0.15, 0.2) is 5.96 Å². The summed E-state index contributed by atoms with van der Waals surface area (Å²) in [6.45, 7) is 4.11. The lowest BCUT2D eigenvalue weighted by Crippen LogP contribution is -2.48. The molecule has 1 amide bonds. The predicted octanol–water partition coefficient (Wildman–Crippen LogP) is 2.63. The SMILES string of the molecule is CCOC(=O)C1CCCN(C(=NC)NCCC(=O)Nc2ccc(Br)cc2)C1. The van der Waals surface area contributed by atoms with Crippen LogP contribution < -0.4 is 10.6 Å². The number of rotatable bonds is 6. The average Bonchev–Trinajstić information content (AvgIpc) is 2.67. The summed E-state index contributed by atoms with van der Waals surface area (Å²) in [5.74, 6) is 0.369. The van der Waals surface area contributed by atoms with Crippen LogP contribution in [0.4, 0.5) is 5.69 Å². The molecule has 148 valence electrons. The zero-order valence-corrected chi connectivity index (χ0v) is 17.4. The third kappa shape index (κ3) is 6.86. The molecule has 1 unspecified atom stereocenters. The van der Waals surface area contributed by atoms with E-state index < -0.39 is 0 Å². The first-order valence-electron chi connectivity index (χ1n) is 9.21. The van der Waals surface area contributed by atoms with E-state index in [1.807, 2.05) is 31.2 Å². The van der Waals surface area contributed by atoms with Gasteiger partial charge in [-0.25, -0.2) is 0 Å². The molecule has 0 saturated carbocycles. The number of aliphatic imine (C=N–C) groups is 1. The van der Waals surface area contributed by atoms with E-state index >= 15 is 0 Å². The number of benzene rings is 1. The second-order valence-electron chi connectivity index (χ2n) is 6.32. The Kier molecular flexibility index (Phi) is 8.57. The Morgan fingerprint density at radius 1 is 1.33 bits per heavy atom. The van der Waals surface area contributed by atoms with Gasteiger partial charge in [0.05, 0.1) is 12.5 Å². The van der Waals surface area contributed by atoms with Crippen molar-refractivity contribution in [3.05, 3.63) is 28.7 Å². The first kappa shape index (κ1) is 21.2. The number of nitrogens with zero attached hydrogens (tertiary/aromatic N) is 2. The zero-order valence-electron chi connectivity index (χ0n) is 15.8. The molecule has 0 radical (unpaired) electrons. The molecular weight excluding hydrogens is 412 g/mol. The van der Waals surface area contributed by atoms with E-state index in [-0.39, 0.29) is 17.8 Å². The van der Waals surface area contributed by atoms with Gasteiger partial charge in [0.1, 0.15) is 0 Å². The van der Waals surface area contributed by atoms with Crippen LogP contribution in [0.1, 0.15) is 26.2 Å². The Balaban J connectivity index is 1.78. The molecule has 27 heavy (non-hydrogen) atoms. The minimum Gasteiger partial charge on any atom is -0.466 e. The number of piperidine rings is 1. The summed E-state index contributed by atoms with van der Waals surface area (Å²) in [5, 5.41) is 6.07. The fraction of sp³-hybridized carbons (Fsp3) is 0.526. The van der Waals surface area contributed by atoms with Crippen LogP contribution in [0.5, 0.6) is 0 Å². The summed E-state index contributed by atoms with van der Waals surface area (Å²) in [7, 11) is 1.71. The Bertz CT molecular complexity index is 663. The second kappa shape index (κ2) is 10.9. The topological polar surface area (TPSA) is 83.0 Å². The van der Waals surface area contributed by atoms with Crippen LogP contribution in [0.25, 0.3) is 0 Å². The fourth-order valence-corrected chi connectivity index (χ4v) is 3.26. The predicted molar refractivity (Wildman–Crippen MR) is 110 cm³/mol. The molecule has 1 saturated heterocycles. The van der Waals surface area contributed by atoms with Crippen molar-refractivity contribution in [1.29, 1.82) is 0 Å². The molecular formula is C19H27BrN4O3. The molecule has 1 aliphatic rings. The van der Waals surface area contributed by atoms with E-state index in [1.54, 1.807) is 7.05 Å². The molecule has 0 aromatic heterocycles. The summed E-state index contributed by atoms with van der Waals surface area (Å²) in [4.78, 5) is 30.4. The summed E-state index contributed by atoms with van der Waals surface area (Å²) < 4.78 is 6.10. The van der Waals surface area contributed by atoms with E-state index in [0.717, 1.165) is 29.5 Å². The van der Waals surface area contributed by atoms with Crippen LogP contribution in [0.15, 0.2) is 33.7 Å². The van der Waals surface area contributed by atoms with Crippen molar-refractivity contribution in [1.82, 2.24) is 10.2 Å². The number of amides is 1. The number of carbonyl (C=O) groups is 2. The largest absolute Gasteiger partial charge is 0.466 e. The van der Waals surface area contributed by atoms with Crippen LogP contribution in [-0.2, 0) is 14.3 Å². The minimum atomic E-state index is -0.147. The summed E-state index contributed by atoms with van der Waals surface area (Å²) in [5.41, 5.74) is 0.765. The van der Waals surface area contributed by atoms with E-state index in [1.165, 1.54) is 0 Å². The minimum absolute atomic E-state index is 0.0664. The number of hydrogen-bond acceptors (Lipinski definition) is 4. The maximum Gasteiger partial charge on any atom is 0.310 e. The van der Waals surface area contributed by atoms with Gasteiger partial charge in [0.2, 0.25) is 5.91 Å². The standard InChI is InChI=1S/C19H27BrN4O3/c1-3-27-18(26)14-5-4-12-24(13-14)19(21-2)22-11-10-17(25)23-16-8-6-15(20)7-9-16/h6-9,14H,3-5,10-13H2,1-2H3,(H,21,22)(H,23,25). The molecule has 8 heteroatoms. The molecule has 0 spiro atoms. The quantitative estimate of drug-likeness (QED) is 0.405. The van der Waals surface area contributed by atoms with Gasteiger partial charge in [-0.15, -0.1) is 0 Å². The van der Waals surface area contributed by atoms with Crippen molar-refractivity contribution in [2.75, 3.05) is 38.6 Å². The van der Waals surface area contributed by atoms with E-state index in [2.05, 4.69) is 36.5 Å². The number of likely N-dealkylation sites (tertiary alicyclic amines) is 1. The summed E-state index contributed by atoms with van der Waals surface area (Å²) in [6.07, 6.45) is 2.07. The molecule has 2 rings (SSSR count). The van der Waals surface area contributed by atoms with Gasteiger partial charge < -0.3 is 20.3 Å². The molecule has 1 heterocycles. The zero-order chi connectivity index (χ0) is 19.6. The highest BCUT2D eigenvalue weighted by Crippen LogP contribution is 2.18. The lowest BCUT2D eigenvalue weighted by molar-refractivity contribution is -0.149. The number of nitrogens with one attached hydrogen (secondary N) is 2. The Morgan fingerprint density at radius 2 is 2.07 bits per heavy atom. The first-order chi connectivity index (χ1) is 13.0. The van der Waals surface area contributed by atoms with E-state index in [4.69, 9.17) is 4.74 Å². The molecule has 1 aromatic carbocycles. The van der Waals surface area contributed by atoms with Crippen molar-refractivity contribution in [3.8, 4) is 0 Å². The van der Waals surface area contributed by atoms with Crippen molar-refractivity contribution >= 4 is 39.5 Å². The maximum absolute atomic E-state index is 12.1. The van der Waals surface area contributed by atoms with E-state index in [0.29, 0.717) is 32.1 Å². The number of ether oxygens (including phenoxy) is 1. The number of carbonyl (C=O) groups excluding carboxylic acids is 2. The highest BCUT2D eigenvalue weighted by atomic mass is 79.9. The third-order valence-electron chi connectivity index (χ3n) is 4.32. The molecule has 0 aliphatic carbocycles. The molecule has 0 bridgehead atoms. The van der Waals surface area contributed by atoms with Gasteiger partial charge in [-0.3, -0.25) is 14.6 Å². The lowest BCUT2D eigenvalue weighted by Gasteiger charge is -2.33. The number of anilines is 1. The van der Waals surface area contributed by atoms with Crippen LogP contribution in [-0.4, -0.2) is 56.0 Å². The van der Waals surface area contributed by atoms with Gasteiger partial charge in [-0.1, -0.05) is 15.9 Å². The molecule has 1 aromatic rings.